The Labute approximate surface area is 100 Å². The van der Waals surface area contributed by atoms with Crippen LogP contribution in [0.25, 0.3) is 0 Å². The predicted octanol–water partition coefficient (Wildman–Crippen LogP) is 3.00. The molecule has 0 saturated carbocycles. The van der Waals surface area contributed by atoms with Crippen LogP contribution in [0.15, 0.2) is 0 Å². The molecule has 0 aliphatic rings. The van der Waals surface area contributed by atoms with Crippen LogP contribution in [0.4, 0.5) is 0 Å². The summed E-state index contributed by atoms with van der Waals surface area (Å²) in [5.74, 6) is -0.308. The quantitative estimate of drug-likeness (QED) is 0.501. The molecule has 1 atom stereocenters. The van der Waals surface area contributed by atoms with Crippen molar-refractivity contribution in [2.24, 2.45) is 0 Å². The maximum atomic E-state index is 11.9. The van der Waals surface area contributed by atoms with Crippen molar-refractivity contribution in [1.82, 2.24) is 0 Å². The molecular formula is C10H25O4PSi. The highest BCUT2D eigenvalue weighted by molar-refractivity contribution is 7.62. The SMILES string of the molecule is CCO[Si](CC)(OCC)OC(C)P(C)(C)=O. The Balaban J connectivity index is 4.70. The normalized spacial score (nSPS) is 15.1. The molecule has 0 aromatic heterocycles. The van der Waals surface area contributed by atoms with Gasteiger partial charge in [-0.05, 0) is 34.1 Å². The van der Waals surface area contributed by atoms with Crippen molar-refractivity contribution in [2.45, 2.75) is 39.6 Å². The van der Waals surface area contributed by atoms with Gasteiger partial charge in [-0.25, -0.2) is 0 Å². The first-order valence-electron chi connectivity index (χ1n) is 5.81. The van der Waals surface area contributed by atoms with Gasteiger partial charge >= 0.3 is 8.80 Å². The van der Waals surface area contributed by atoms with Crippen LogP contribution in [0.1, 0.15) is 27.7 Å². The summed E-state index contributed by atoms with van der Waals surface area (Å²) in [6.45, 7) is 12.2. The minimum absolute atomic E-state index is 0.308. The molecule has 0 fully saturated rings. The summed E-state index contributed by atoms with van der Waals surface area (Å²) in [7, 11) is -4.88. The fourth-order valence-electron chi connectivity index (χ4n) is 1.22. The summed E-state index contributed by atoms with van der Waals surface area (Å²) >= 11 is 0. The van der Waals surface area contributed by atoms with Crippen molar-refractivity contribution in [3.63, 3.8) is 0 Å². The van der Waals surface area contributed by atoms with E-state index in [4.69, 9.17) is 13.3 Å². The van der Waals surface area contributed by atoms with Crippen molar-refractivity contribution in [1.29, 1.82) is 0 Å². The van der Waals surface area contributed by atoms with Crippen molar-refractivity contribution < 1.29 is 17.8 Å². The molecule has 0 amide bonds. The lowest BCUT2D eigenvalue weighted by molar-refractivity contribution is 0.0610. The van der Waals surface area contributed by atoms with Gasteiger partial charge in [0.25, 0.3) is 0 Å². The average Bonchev–Trinajstić information content (AvgIpc) is 2.16. The zero-order valence-electron chi connectivity index (χ0n) is 11.3. The number of hydrogen-bond donors (Lipinski definition) is 0. The van der Waals surface area contributed by atoms with E-state index in [2.05, 4.69) is 0 Å². The van der Waals surface area contributed by atoms with Gasteiger partial charge in [-0.3, -0.25) is 0 Å². The van der Waals surface area contributed by atoms with Crippen LogP contribution in [0, 0.1) is 0 Å². The summed E-state index contributed by atoms with van der Waals surface area (Å²) in [6.07, 6.45) is 0. The lowest BCUT2D eigenvalue weighted by Gasteiger charge is -2.32. The van der Waals surface area contributed by atoms with E-state index in [1.165, 1.54) is 0 Å². The van der Waals surface area contributed by atoms with Gasteiger partial charge < -0.3 is 17.8 Å². The molecule has 0 spiro atoms. The first-order chi connectivity index (χ1) is 7.31. The lowest BCUT2D eigenvalue weighted by atomic mass is 10.9. The van der Waals surface area contributed by atoms with Crippen molar-refractivity contribution in [3.8, 4) is 0 Å². The maximum absolute atomic E-state index is 11.9. The Kier molecular flexibility index (Phi) is 7.06. The Hall–Kier alpha value is 0.327. The molecule has 6 heteroatoms. The molecule has 0 heterocycles. The monoisotopic (exact) mass is 268 g/mol. The van der Waals surface area contributed by atoms with Crippen molar-refractivity contribution in [2.75, 3.05) is 26.5 Å². The molecular weight excluding hydrogens is 243 g/mol. The molecule has 1 unspecified atom stereocenters. The van der Waals surface area contributed by atoms with E-state index < -0.39 is 15.9 Å². The average molecular weight is 268 g/mol. The standard InChI is InChI=1S/C10H25O4PSi/c1-7-12-16(9-3,13-8-2)14-10(4)15(5,6)11/h10H,7-9H2,1-6H3. The second-order valence-corrected chi connectivity index (χ2v) is 10.5. The smallest absolute Gasteiger partial charge is 0.374 e. The van der Waals surface area contributed by atoms with Crippen LogP contribution >= 0.6 is 7.14 Å². The molecule has 0 radical (unpaired) electrons. The van der Waals surface area contributed by atoms with Gasteiger partial charge in [0.05, 0.1) is 5.85 Å². The zero-order chi connectivity index (χ0) is 12.8. The van der Waals surface area contributed by atoms with Crippen LogP contribution < -0.4 is 0 Å². The van der Waals surface area contributed by atoms with E-state index in [1.54, 1.807) is 13.3 Å². The summed E-state index contributed by atoms with van der Waals surface area (Å²) in [6, 6.07) is 0.707. The highest BCUT2D eigenvalue weighted by atomic mass is 31.2. The van der Waals surface area contributed by atoms with Gasteiger partial charge in [0.2, 0.25) is 0 Å². The molecule has 16 heavy (non-hydrogen) atoms. The second-order valence-electron chi connectivity index (χ2n) is 4.05. The first kappa shape index (κ1) is 16.3. The number of rotatable bonds is 8. The van der Waals surface area contributed by atoms with Gasteiger partial charge in [0.1, 0.15) is 7.14 Å². The molecule has 0 bridgehead atoms. The lowest BCUT2D eigenvalue weighted by Crippen LogP contribution is -2.47. The third kappa shape index (κ3) is 5.10. The van der Waals surface area contributed by atoms with Gasteiger partial charge in [-0.2, -0.15) is 0 Å². The molecule has 0 aromatic rings. The Morgan fingerprint density at radius 1 is 1.12 bits per heavy atom. The molecule has 0 aromatic carbocycles. The zero-order valence-corrected chi connectivity index (χ0v) is 13.2. The molecule has 0 saturated heterocycles. The van der Waals surface area contributed by atoms with Gasteiger partial charge in [0, 0.05) is 19.3 Å². The molecule has 0 aliphatic heterocycles. The molecule has 0 rings (SSSR count). The highest BCUT2D eigenvalue weighted by Crippen LogP contribution is 2.44. The third-order valence-corrected chi connectivity index (χ3v) is 7.48. The molecule has 0 aliphatic carbocycles. The largest absolute Gasteiger partial charge is 0.501 e. The third-order valence-electron chi connectivity index (χ3n) is 2.39. The van der Waals surface area contributed by atoms with E-state index >= 15 is 0 Å². The van der Waals surface area contributed by atoms with Gasteiger partial charge in [-0.15, -0.1) is 0 Å². The minimum Gasteiger partial charge on any atom is -0.374 e. The Bertz CT molecular complexity index is 235. The van der Waals surface area contributed by atoms with Crippen LogP contribution in [-0.2, 0) is 17.8 Å². The highest BCUT2D eigenvalue weighted by Gasteiger charge is 2.42. The number of hydrogen-bond acceptors (Lipinski definition) is 4. The predicted molar refractivity (Wildman–Crippen MR) is 69.5 cm³/mol. The Morgan fingerprint density at radius 2 is 1.56 bits per heavy atom. The minimum atomic E-state index is -2.61. The van der Waals surface area contributed by atoms with E-state index in [0.717, 1.165) is 0 Å². The van der Waals surface area contributed by atoms with E-state index in [0.29, 0.717) is 19.3 Å². The van der Waals surface area contributed by atoms with Crippen LogP contribution in [-0.4, -0.2) is 41.2 Å². The molecule has 0 N–H and O–H groups in total. The topological polar surface area (TPSA) is 44.8 Å². The Morgan fingerprint density at radius 3 is 1.81 bits per heavy atom. The molecule has 4 nitrogen and oxygen atoms in total. The van der Waals surface area contributed by atoms with E-state index in [9.17, 15) is 4.57 Å². The van der Waals surface area contributed by atoms with Crippen LogP contribution in [0.5, 0.6) is 0 Å². The summed E-state index contributed by atoms with van der Waals surface area (Å²) < 4.78 is 29.1. The summed E-state index contributed by atoms with van der Waals surface area (Å²) in [4.78, 5) is 0. The second kappa shape index (κ2) is 6.92. The van der Waals surface area contributed by atoms with E-state index in [1.807, 2.05) is 27.7 Å². The van der Waals surface area contributed by atoms with E-state index in [-0.39, 0.29) is 5.85 Å². The fourth-order valence-corrected chi connectivity index (χ4v) is 4.91. The van der Waals surface area contributed by atoms with Crippen molar-refractivity contribution >= 4 is 15.9 Å². The van der Waals surface area contributed by atoms with Crippen LogP contribution in [0.2, 0.25) is 6.04 Å². The summed E-state index contributed by atoms with van der Waals surface area (Å²) in [5, 5.41) is 0. The molecule has 98 valence electrons. The fraction of sp³-hybridized carbons (Fsp3) is 1.00. The van der Waals surface area contributed by atoms with Gasteiger partial charge in [0.15, 0.2) is 0 Å². The first-order valence-corrected chi connectivity index (χ1v) is 10.4. The van der Waals surface area contributed by atoms with Crippen molar-refractivity contribution in [3.05, 3.63) is 0 Å². The summed E-state index contributed by atoms with van der Waals surface area (Å²) in [5.41, 5.74) is 0. The van der Waals surface area contributed by atoms with Gasteiger partial charge in [-0.1, -0.05) is 6.92 Å². The van der Waals surface area contributed by atoms with Crippen LogP contribution in [0.3, 0.4) is 0 Å². The maximum Gasteiger partial charge on any atom is 0.501 e.